The highest BCUT2D eigenvalue weighted by molar-refractivity contribution is 5.76. The normalized spacial score (nSPS) is 19.7. The molecular weight excluding hydrogens is 314 g/mol. The third-order valence-electron chi connectivity index (χ3n) is 5.58. The maximum Gasteiger partial charge on any atom is 0.267 e. The van der Waals surface area contributed by atoms with Crippen LogP contribution in [-0.4, -0.2) is 21.7 Å². The molecule has 25 heavy (non-hydrogen) atoms. The van der Waals surface area contributed by atoms with Crippen molar-refractivity contribution < 1.29 is 4.79 Å². The second-order valence-corrected chi connectivity index (χ2v) is 7.87. The number of hydrogen-bond acceptors (Lipinski definition) is 3. The van der Waals surface area contributed by atoms with E-state index in [1.165, 1.54) is 43.2 Å². The number of nitrogens with zero attached hydrogens (tertiary/aromatic N) is 2. The second kappa shape index (κ2) is 8.63. The first-order valence-corrected chi connectivity index (χ1v) is 10.0. The van der Waals surface area contributed by atoms with Crippen LogP contribution >= 0.6 is 0 Å². The molecule has 0 bridgehead atoms. The molecule has 5 heteroatoms. The molecule has 138 valence electrons. The summed E-state index contributed by atoms with van der Waals surface area (Å²) in [5, 5.41) is 7.65. The van der Waals surface area contributed by atoms with Gasteiger partial charge in [-0.1, -0.05) is 25.7 Å². The van der Waals surface area contributed by atoms with E-state index in [-0.39, 0.29) is 17.5 Å². The van der Waals surface area contributed by atoms with Crippen LogP contribution in [0.2, 0.25) is 0 Å². The van der Waals surface area contributed by atoms with Gasteiger partial charge in [0.25, 0.3) is 5.56 Å². The van der Waals surface area contributed by atoms with Gasteiger partial charge in [0.15, 0.2) is 0 Å². The average Bonchev–Trinajstić information content (AvgIpc) is 2.80. The lowest BCUT2D eigenvalue weighted by Gasteiger charge is -2.22. The first-order valence-electron chi connectivity index (χ1n) is 10.0. The van der Waals surface area contributed by atoms with Gasteiger partial charge in [0.2, 0.25) is 5.91 Å². The van der Waals surface area contributed by atoms with Crippen molar-refractivity contribution in [2.24, 2.45) is 5.92 Å². The van der Waals surface area contributed by atoms with E-state index in [1.807, 2.05) is 6.92 Å². The van der Waals surface area contributed by atoms with Crippen LogP contribution in [0.4, 0.5) is 0 Å². The monoisotopic (exact) mass is 345 g/mol. The summed E-state index contributed by atoms with van der Waals surface area (Å²) in [6.07, 6.45) is 12.2. The van der Waals surface area contributed by atoms with E-state index in [0.717, 1.165) is 36.9 Å². The van der Waals surface area contributed by atoms with Crippen LogP contribution in [0.25, 0.3) is 0 Å². The van der Waals surface area contributed by atoms with E-state index >= 15 is 0 Å². The third-order valence-corrected chi connectivity index (χ3v) is 5.58. The lowest BCUT2D eigenvalue weighted by atomic mass is 9.87. The molecule has 0 saturated heterocycles. The first kappa shape index (κ1) is 18.2. The summed E-state index contributed by atoms with van der Waals surface area (Å²) in [4.78, 5) is 24.6. The van der Waals surface area contributed by atoms with Gasteiger partial charge in [-0.3, -0.25) is 9.59 Å². The summed E-state index contributed by atoms with van der Waals surface area (Å²) in [6.45, 7) is 2.40. The molecule has 1 atom stereocenters. The summed E-state index contributed by atoms with van der Waals surface area (Å²) in [7, 11) is 0. The molecule has 3 rings (SSSR count). The zero-order valence-electron chi connectivity index (χ0n) is 15.4. The Morgan fingerprint density at radius 3 is 2.72 bits per heavy atom. The molecule has 0 spiro atoms. The predicted molar refractivity (Wildman–Crippen MR) is 98.6 cm³/mol. The molecule has 0 aromatic carbocycles. The Bertz CT molecular complexity index is 647. The van der Waals surface area contributed by atoms with Crippen LogP contribution in [0.15, 0.2) is 10.9 Å². The largest absolute Gasteiger partial charge is 0.352 e. The molecule has 0 radical (unpaired) electrons. The molecule has 1 aromatic rings. The minimum absolute atomic E-state index is 0.0472. The maximum atomic E-state index is 12.3. The zero-order chi connectivity index (χ0) is 17.6. The minimum atomic E-state index is -0.0786. The fourth-order valence-corrected chi connectivity index (χ4v) is 4.20. The van der Waals surface area contributed by atoms with E-state index in [4.69, 9.17) is 0 Å². The van der Waals surface area contributed by atoms with Crippen molar-refractivity contribution in [1.29, 1.82) is 0 Å². The number of aromatic nitrogens is 2. The smallest absolute Gasteiger partial charge is 0.267 e. The van der Waals surface area contributed by atoms with Gasteiger partial charge in [-0.2, -0.15) is 5.10 Å². The van der Waals surface area contributed by atoms with Crippen LogP contribution in [0, 0.1) is 5.92 Å². The molecule has 2 aliphatic carbocycles. The lowest BCUT2D eigenvalue weighted by molar-refractivity contribution is -0.122. The molecule has 0 unspecified atom stereocenters. The molecule has 1 N–H and O–H groups in total. The molecule has 1 fully saturated rings. The molecule has 1 saturated carbocycles. The molecule has 1 heterocycles. The number of aryl methyl sites for hydroxylation is 2. The highest BCUT2D eigenvalue weighted by Crippen LogP contribution is 2.26. The Labute approximate surface area is 150 Å². The zero-order valence-corrected chi connectivity index (χ0v) is 15.4. The highest BCUT2D eigenvalue weighted by atomic mass is 16.2. The van der Waals surface area contributed by atoms with E-state index in [9.17, 15) is 9.59 Å². The van der Waals surface area contributed by atoms with Gasteiger partial charge in [0.1, 0.15) is 0 Å². The fraction of sp³-hybridized carbons (Fsp3) is 0.750. The second-order valence-electron chi connectivity index (χ2n) is 7.87. The standard InChI is InChI=1S/C20H31N3O2/c1-15(21-19(24)12-16-8-4-2-5-9-16)14-23-20(25)13-17-10-6-3-7-11-18(17)22-23/h13,15-16H,2-12,14H2,1H3,(H,21,24)/t15-/m1/s1. The van der Waals surface area contributed by atoms with Gasteiger partial charge in [-0.15, -0.1) is 0 Å². The number of amides is 1. The molecule has 0 aliphatic heterocycles. The summed E-state index contributed by atoms with van der Waals surface area (Å²) < 4.78 is 1.54. The lowest BCUT2D eigenvalue weighted by Crippen LogP contribution is -2.40. The maximum absolute atomic E-state index is 12.3. The van der Waals surface area contributed by atoms with Crippen molar-refractivity contribution in [3.63, 3.8) is 0 Å². The van der Waals surface area contributed by atoms with Crippen LogP contribution in [0.5, 0.6) is 0 Å². The van der Waals surface area contributed by atoms with Gasteiger partial charge < -0.3 is 5.32 Å². The minimum Gasteiger partial charge on any atom is -0.352 e. The van der Waals surface area contributed by atoms with E-state index in [1.54, 1.807) is 6.07 Å². The van der Waals surface area contributed by atoms with Crippen molar-refractivity contribution in [3.05, 3.63) is 27.7 Å². The summed E-state index contributed by atoms with van der Waals surface area (Å²) >= 11 is 0. The van der Waals surface area contributed by atoms with Gasteiger partial charge >= 0.3 is 0 Å². The Balaban J connectivity index is 1.56. The Kier molecular flexibility index (Phi) is 6.27. The quantitative estimate of drug-likeness (QED) is 0.835. The molecule has 1 aromatic heterocycles. The Morgan fingerprint density at radius 1 is 1.20 bits per heavy atom. The van der Waals surface area contributed by atoms with Crippen LogP contribution in [0.3, 0.4) is 0 Å². The molecule has 5 nitrogen and oxygen atoms in total. The van der Waals surface area contributed by atoms with E-state index < -0.39 is 0 Å². The summed E-state index contributed by atoms with van der Waals surface area (Å²) in [5.41, 5.74) is 2.14. The molecule has 2 aliphatic rings. The third kappa shape index (κ3) is 5.16. The van der Waals surface area contributed by atoms with Gasteiger partial charge in [0.05, 0.1) is 12.2 Å². The number of hydrogen-bond donors (Lipinski definition) is 1. The van der Waals surface area contributed by atoms with Crippen LogP contribution in [0.1, 0.15) is 76.0 Å². The SMILES string of the molecule is C[C@H](Cn1nc2c(cc1=O)CCCCC2)NC(=O)CC1CCCCC1. The Hall–Kier alpha value is -1.65. The van der Waals surface area contributed by atoms with Crippen molar-refractivity contribution in [3.8, 4) is 0 Å². The topological polar surface area (TPSA) is 64.0 Å². The van der Waals surface area contributed by atoms with Crippen molar-refractivity contribution >= 4 is 5.91 Å². The number of fused-ring (bicyclic) bond motifs is 1. The van der Waals surface area contributed by atoms with Crippen LogP contribution in [-0.2, 0) is 24.2 Å². The van der Waals surface area contributed by atoms with Gasteiger partial charge in [0, 0.05) is 18.5 Å². The van der Waals surface area contributed by atoms with Crippen molar-refractivity contribution in [2.45, 2.75) is 90.1 Å². The van der Waals surface area contributed by atoms with Crippen molar-refractivity contribution in [2.75, 3.05) is 0 Å². The van der Waals surface area contributed by atoms with Gasteiger partial charge in [-0.25, -0.2) is 4.68 Å². The average molecular weight is 345 g/mol. The Morgan fingerprint density at radius 2 is 1.92 bits per heavy atom. The van der Waals surface area contributed by atoms with Crippen molar-refractivity contribution in [1.82, 2.24) is 15.1 Å². The number of carbonyl (C=O) groups excluding carboxylic acids is 1. The fourth-order valence-electron chi connectivity index (χ4n) is 4.20. The van der Waals surface area contributed by atoms with E-state index in [2.05, 4.69) is 10.4 Å². The highest BCUT2D eigenvalue weighted by Gasteiger charge is 2.19. The number of nitrogens with one attached hydrogen (secondary N) is 1. The van der Waals surface area contributed by atoms with E-state index in [0.29, 0.717) is 18.9 Å². The molecule has 1 amide bonds. The first-order chi connectivity index (χ1) is 12.1. The predicted octanol–water partition coefficient (Wildman–Crippen LogP) is 2.99. The van der Waals surface area contributed by atoms with Crippen LogP contribution < -0.4 is 10.9 Å². The summed E-state index contributed by atoms with van der Waals surface area (Å²) in [5.74, 6) is 0.650. The summed E-state index contributed by atoms with van der Waals surface area (Å²) in [6, 6.07) is 1.68. The molecular formula is C20H31N3O2. The number of carbonyl (C=O) groups is 1. The van der Waals surface area contributed by atoms with Gasteiger partial charge in [-0.05, 0) is 56.9 Å². The number of rotatable bonds is 5.